The second-order valence-corrected chi connectivity index (χ2v) is 7.33. The number of thioether (sulfide) groups is 1. The number of rotatable bonds is 7. The normalized spacial score (nSPS) is 20.0. The molecule has 3 rings (SSSR count). The molecule has 0 bridgehead atoms. The average Bonchev–Trinajstić information content (AvgIpc) is 3.02. The quantitative estimate of drug-likeness (QED) is 0.595. The summed E-state index contributed by atoms with van der Waals surface area (Å²) in [6.07, 6.45) is 6.57. The standard InChI is InChI=1S/C18H19ClN2OS/c19-18(7-4-10-23-18)22-9-8-20-12-15-11-17(14-21-13-15)16-5-2-1-3-6-16/h1-6,10-11,13-14,20H,7-9,12H2. The van der Waals surface area contributed by atoms with Gasteiger partial charge < -0.3 is 10.1 Å². The van der Waals surface area contributed by atoms with E-state index in [2.05, 4.69) is 28.5 Å². The lowest BCUT2D eigenvalue weighted by Gasteiger charge is -2.20. The van der Waals surface area contributed by atoms with E-state index in [1.165, 1.54) is 17.3 Å². The van der Waals surface area contributed by atoms with Crippen molar-refractivity contribution in [2.24, 2.45) is 0 Å². The molecule has 1 aliphatic heterocycles. The molecule has 0 aliphatic carbocycles. The highest BCUT2D eigenvalue weighted by atomic mass is 35.5. The van der Waals surface area contributed by atoms with Crippen LogP contribution in [0.4, 0.5) is 0 Å². The molecule has 0 saturated heterocycles. The lowest BCUT2D eigenvalue weighted by Crippen LogP contribution is -2.25. The van der Waals surface area contributed by atoms with E-state index < -0.39 is 4.39 Å². The van der Waals surface area contributed by atoms with Crippen molar-refractivity contribution >= 4 is 23.4 Å². The molecule has 3 nitrogen and oxygen atoms in total. The summed E-state index contributed by atoms with van der Waals surface area (Å²) in [5, 5.41) is 5.36. The molecule has 5 heteroatoms. The highest BCUT2D eigenvalue weighted by Crippen LogP contribution is 2.40. The van der Waals surface area contributed by atoms with E-state index in [0.717, 1.165) is 30.6 Å². The SMILES string of the molecule is ClC1(OCCNCc2cncc(-c3ccccc3)c2)CC=CS1. The molecular formula is C18H19ClN2OS. The van der Waals surface area contributed by atoms with E-state index in [9.17, 15) is 0 Å². The van der Waals surface area contributed by atoms with Gasteiger partial charge in [0.15, 0.2) is 4.39 Å². The highest BCUT2D eigenvalue weighted by Gasteiger charge is 2.29. The van der Waals surface area contributed by atoms with Gasteiger partial charge in [-0.15, -0.1) is 0 Å². The van der Waals surface area contributed by atoms with E-state index in [1.54, 1.807) is 0 Å². The maximum absolute atomic E-state index is 6.30. The fourth-order valence-corrected chi connectivity index (χ4v) is 3.42. The van der Waals surface area contributed by atoms with Crippen molar-refractivity contribution < 1.29 is 4.74 Å². The van der Waals surface area contributed by atoms with Gasteiger partial charge in [-0.1, -0.05) is 59.8 Å². The number of halogens is 1. The predicted molar refractivity (Wildman–Crippen MR) is 97.3 cm³/mol. The van der Waals surface area contributed by atoms with Gasteiger partial charge in [-0.25, -0.2) is 0 Å². The monoisotopic (exact) mass is 346 g/mol. The molecule has 0 fully saturated rings. The summed E-state index contributed by atoms with van der Waals surface area (Å²) in [6.45, 7) is 2.10. The van der Waals surface area contributed by atoms with E-state index in [4.69, 9.17) is 16.3 Å². The van der Waals surface area contributed by atoms with Gasteiger partial charge in [0.25, 0.3) is 0 Å². The first-order chi connectivity index (χ1) is 11.3. The van der Waals surface area contributed by atoms with Gasteiger partial charge in [-0.05, 0) is 22.6 Å². The zero-order chi connectivity index (χ0) is 16.0. The van der Waals surface area contributed by atoms with Gasteiger partial charge >= 0.3 is 0 Å². The molecule has 0 radical (unpaired) electrons. The number of nitrogens with zero attached hydrogens (tertiary/aromatic N) is 1. The molecule has 1 aromatic heterocycles. The lowest BCUT2D eigenvalue weighted by atomic mass is 10.1. The zero-order valence-electron chi connectivity index (χ0n) is 12.7. The Balaban J connectivity index is 1.45. The summed E-state index contributed by atoms with van der Waals surface area (Å²) in [6, 6.07) is 12.4. The molecule has 1 aromatic carbocycles. The molecule has 0 spiro atoms. The first kappa shape index (κ1) is 16.5. The molecule has 120 valence electrons. The lowest BCUT2D eigenvalue weighted by molar-refractivity contribution is 0.0894. The minimum absolute atomic E-state index is 0.587. The molecule has 0 saturated carbocycles. The predicted octanol–water partition coefficient (Wildman–Crippen LogP) is 4.40. The van der Waals surface area contributed by atoms with Gasteiger partial charge in [0.05, 0.1) is 6.61 Å². The van der Waals surface area contributed by atoms with Crippen molar-refractivity contribution in [1.29, 1.82) is 0 Å². The Labute approximate surface area is 146 Å². The van der Waals surface area contributed by atoms with Crippen LogP contribution in [0.5, 0.6) is 0 Å². The number of alkyl halides is 1. The van der Waals surface area contributed by atoms with Crippen LogP contribution in [0.1, 0.15) is 12.0 Å². The van der Waals surface area contributed by atoms with Crippen molar-refractivity contribution in [3.63, 3.8) is 0 Å². The minimum Gasteiger partial charge on any atom is -0.349 e. The topological polar surface area (TPSA) is 34.1 Å². The van der Waals surface area contributed by atoms with Crippen LogP contribution in [0.2, 0.25) is 0 Å². The summed E-state index contributed by atoms with van der Waals surface area (Å²) in [5.41, 5.74) is 3.47. The molecule has 2 heterocycles. The Morgan fingerprint density at radius 1 is 1.22 bits per heavy atom. The van der Waals surface area contributed by atoms with Crippen molar-refractivity contribution in [2.75, 3.05) is 13.2 Å². The molecule has 1 atom stereocenters. The van der Waals surface area contributed by atoms with Gasteiger partial charge in [0.1, 0.15) is 0 Å². The summed E-state index contributed by atoms with van der Waals surface area (Å²) in [4.78, 5) is 4.33. The number of hydrogen-bond acceptors (Lipinski definition) is 4. The Morgan fingerprint density at radius 3 is 2.87 bits per heavy atom. The van der Waals surface area contributed by atoms with Crippen LogP contribution in [-0.4, -0.2) is 22.5 Å². The highest BCUT2D eigenvalue weighted by molar-refractivity contribution is 8.04. The Bertz CT molecular complexity index is 655. The van der Waals surface area contributed by atoms with Crippen LogP contribution in [0, 0.1) is 0 Å². The molecular weight excluding hydrogens is 328 g/mol. The van der Waals surface area contributed by atoms with E-state index in [-0.39, 0.29) is 0 Å². The molecule has 1 unspecified atom stereocenters. The number of benzene rings is 1. The summed E-state index contributed by atoms with van der Waals surface area (Å²) in [5.74, 6) is 0. The van der Waals surface area contributed by atoms with Crippen molar-refractivity contribution in [3.05, 3.63) is 65.8 Å². The first-order valence-electron chi connectivity index (χ1n) is 7.61. The molecule has 1 aliphatic rings. The van der Waals surface area contributed by atoms with Gasteiger partial charge in [0.2, 0.25) is 0 Å². The fraction of sp³-hybridized carbons (Fsp3) is 0.278. The van der Waals surface area contributed by atoms with E-state index >= 15 is 0 Å². The summed E-state index contributed by atoms with van der Waals surface area (Å²) < 4.78 is 5.11. The van der Waals surface area contributed by atoms with Crippen molar-refractivity contribution in [1.82, 2.24) is 10.3 Å². The largest absolute Gasteiger partial charge is 0.349 e. The average molecular weight is 347 g/mol. The van der Waals surface area contributed by atoms with Crippen molar-refractivity contribution in [2.45, 2.75) is 17.4 Å². The van der Waals surface area contributed by atoms with E-state index in [0.29, 0.717) is 6.61 Å². The Morgan fingerprint density at radius 2 is 2.09 bits per heavy atom. The fourth-order valence-electron chi connectivity index (χ4n) is 2.36. The molecule has 2 aromatic rings. The summed E-state index contributed by atoms with van der Waals surface area (Å²) in [7, 11) is 0. The molecule has 23 heavy (non-hydrogen) atoms. The third-order valence-electron chi connectivity index (χ3n) is 3.53. The number of aromatic nitrogens is 1. The van der Waals surface area contributed by atoms with Crippen LogP contribution >= 0.6 is 23.4 Å². The molecule has 1 N–H and O–H groups in total. The van der Waals surface area contributed by atoms with Crippen molar-refractivity contribution in [3.8, 4) is 11.1 Å². The second-order valence-electron chi connectivity index (χ2n) is 5.33. The van der Waals surface area contributed by atoms with Gasteiger partial charge in [0, 0.05) is 37.5 Å². The molecule has 0 amide bonds. The number of pyridine rings is 1. The van der Waals surface area contributed by atoms with Crippen LogP contribution in [0.15, 0.2) is 60.3 Å². The first-order valence-corrected chi connectivity index (χ1v) is 8.87. The maximum Gasteiger partial charge on any atom is 0.196 e. The van der Waals surface area contributed by atoms with Crippen LogP contribution in [-0.2, 0) is 11.3 Å². The Hall–Kier alpha value is -1.33. The maximum atomic E-state index is 6.30. The Kier molecular flexibility index (Phi) is 5.73. The number of ether oxygens (including phenoxy) is 1. The third-order valence-corrected chi connectivity index (χ3v) is 5.03. The summed E-state index contributed by atoms with van der Waals surface area (Å²) >= 11 is 7.82. The van der Waals surface area contributed by atoms with E-state index in [1.807, 2.05) is 42.1 Å². The minimum atomic E-state index is -0.601. The zero-order valence-corrected chi connectivity index (χ0v) is 14.3. The van der Waals surface area contributed by atoms with Crippen LogP contribution in [0.3, 0.4) is 0 Å². The van der Waals surface area contributed by atoms with Crippen LogP contribution in [0.25, 0.3) is 11.1 Å². The van der Waals surface area contributed by atoms with Gasteiger partial charge in [-0.2, -0.15) is 0 Å². The van der Waals surface area contributed by atoms with Crippen LogP contribution < -0.4 is 5.32 Å². The number of hydrogen-bond donors (Lipinski definition) is 1. The second kappa shape index (κ2) is 7.97. The smallest absolute Gasteiger partial charge is 0.196 e. The van der Waals surface area contributed by atoms with Gasteiger partial charge in [-0.3, -0.25) is 4.98 Å². The third kappa shape index (κ3) is 4.82. The number of nitrogens with one attached hydrogen (secondary N) is 1.